The van der Waals surface area contributed by atoms with Gasteiger partial charge in [-0.25, -0.2) is 8.78 Å². The number of amides is 2. The summed E-state index contributed by atoms with van der Waals surface area (Å²) in [7, 11) is 0. The molecule has 0 atom stereocenters. The fraction of sp³-hybridized carbons (Fsp3) is 0.300. The van der Waals surface area contributed by atoms with Gasteiger partial charge in [0.2, 0.25) is 0 Å². The molecular weight excluding hydrogens is 490 g/mol. The highest BCUT2D eigenvalue weighted by Crippen LogP contribution is 2.28. The van der Waals surface area contributed by atoms with Gasteiger partial charge in [-0.1, -0.05) is 30.3 Å². The molecule has 0 bridgehead atoms. The van der Waals surface area contributed by atoms with Gasteiger partial charge in [-0.3, -0.25) is 19.3 Å². The van der Waals surface area contributed by atoms with E-state index in [4.69, 9.17) is 4.74 Å². The van der Waals surface area contributed by atoms with Crippen LogP contribution in [0, 0.1) is 11.6 Å². The highest BCUT2D eigenvalue weighted by Gasteiger charge is 2.28. The molecule has 0 unspecified atom stereocenters. The standard InChI is InChI=1S/C30H30F2N2O4/c1-30(2,3)38-26(35)19-34(29(37)27-24(31)13-8-14-25(27)32)23-12-7-10-21(18-23)20-9-6-11-22(17-20)28(36)33-15-4-5-16-33/h6-14,17-18H,4-5,15-16,19H2,1-3H3. The van der Waals surface area contributed by atoms with Crippen molar-refractivity contribution in [2.24, 2.45) is 0 Å². The average Bonchev–Trinajstić information content (AvgIpc) is 3.41. The Morgan fingerprint density at radius 3 is 2.08 bits per heavy atom. The van der Waals surface area contributed by atoms with Crippen molar-refractivity contribution in [3.05, 3.63) is 89.5 Å². The van der Waals surface area contributed by atoms with Crippen molar-refractivity contribution in [1.82, 2.24) is 4.90 Å². The molecule has 2 amide bonds. The van der Waals surface area contributed by atoms with Crippen molar-refractivity contribution in [2.75, 3.05) is 24.5 Å². The van der Waals surface area contributed by atoms with Crippen LogP contribution in [0.2, 0.25) is 0 Å². The lowest BCUT2D eigenvalue weighted by Crippen LogP contribution is -2.39. The van der Waals surface area contributed by atoms with Crippen LogP contribution in [0.15, 0.2) is 66.7 Å². The number of hydrogen-bond donors (Lipinski definition) is 0. The van der Waals surface area contributed by atoms with Crippen LogP contribution in [0.3, 0.4) is 0 Å². The third kappa shape index (κ3) is 6.25. The monoisotopic (exact) mass is 520 g/mol. The van der Waals surface area contributed by atoms with Gasteiger partial charge in [0.25, 0.3) is 11.8 Å². The van der Waals surface area contributed by atoms with Crippen molar-refractivity contribution in [3.63, 3.8) is 0 Å². The maximum atomic E-state index is 14.5. The number of carbonyl (C=O) groups is 3. The van der Waals surface area contributed by atoms with E-state index in [1.54, 1.807) is 63.2 Å². The number of hydrogen-bond acceptors (Lipinski definition) is 4. The lowest BCUT2D eigenvalue weighted by Gasteiger charge is -2.26. The molecule has 1 saturated heterocycles. The van der Waals surface area contributed by atoms with Crippen molar-refractivity contribution in [1.29, 1.82) is 0 Å². The first-order valence-electron chi connectivity index (χ1n) is 12.5. The number of esters is 1. The Labute approximate surface area is 220 Å². The second-order valence-corrected chi connectivity index (χ2v) is 10.2. The summed E-state index contributed by atoms with van der Waals surface area (Å²) in [6.07, 6.45) is 1.97. The van der Waals surface area contributed by atoms with Gasteiger partial charge < -0.3 is 9.64 Å². The molecule has 8 heteroatoms. The molecule has 0 spiro atoms. The number of halogens is 2. The summed E-state index contributed by atoms with van der Waals surface area (Å²) in [5, 5.41) is 0. The molecule has 0 N–H and O–H groups in total. The molecule has 4 rings (SSSR count). The summed E-state index contributed by atoms with van der Waals surface area (Å²) in [6, 6.07) is 17.0. The molecule has 6 nitrogen and oxygen atoms in total. The van der Waals surface area contributed by atoms with Gasteiger partial charge in [0.1, 0.15) is 29.3 Å². The Bertz CT molecular complexity index is 1340. The predicted octanol–water partition coefficient (Wildman–Crippen LogP) is 5.86. The summed E-state index contributed by atoms with van der Waals surface area (Å²) in [5.74, 6) is -3.85. The zero-order valence-electron chi connectivity index (χ0n) is 21.7. The lowest BCUT2D eigenvalue weighted by atomic mass is 10.0. The van der Waals surface area contributed by atoms with E-state index < -0.39 is 41.2 Å². The molecular formula is C30H30F2N2O4. The van der Waals surface area contributed by atoms with E-state index in [2.05, 4.69) is 0 Å². The Morgan fingerprint density at radius 2 is 1.45 bits per heavy atom. The largest absolute Gasteiger partial charge is 0.459 e. The fourth-order valence-corrected chi connectivity index (χ4v) is 4.41. The Kier molecular flexibility index (Phi) is 7.90. The second kappa shape index (κ2) is 11.1. The van der Waals surface area contributed by atoms with Crippen LogP contribution >= 0.6 is 0 Å². The smallest absolute Gasteiger partial charge is 0.326 e. The van der Waals surface area contributed by atoms with E-state index in [0.29, 0.717) is 11.1 Å². The van der Waals surface area contributed by atoms with Gasteiger partial charge in [0, 0.05) is 24.3 Å². The van der Waals surface area contributed by atoms with E-state index >= 15 is 0 Å². The van der Waals surface area contributed by atoms with Gasteiger partial charge in [-0.05, 0) is 81.1 Å². The highest BCUT2D eigenvalue weighted by molar-refractivity contribution is 6.09. The third-order valence-electron chi connectivity index (χ3n) is 6.12. The van der Waals surface area contributed by atoms with Crippen LogP contribution in [0.5, 0.6) is 0 Å². The van der Waals surface area contributed by atoms with E-state index in [-0.39, 0.29) is 11.6 Å². The van der Waals surface area contributed by atoms with Gasteiger partial charge in [-0.15, -0.1) is 0 Å². The van der Waals surface area contributed by atoms with E-state index in [1.807, 2.05) is 11.0 Å². The Hall–Kier alpha value is -4.07. The van der Waals surface area contributed by atoms with Crippen LogP contribution in [0.25, 0.3) is 11.1 Å². The maximum absolute atomic E-state index is 14.5. The van der Waals surface area contributed by atoms with Crippen molar-refractivity contribution in [3.8, 4) is 11.1 Å². The number of benzene rings is 3. The number of anilines is 1. The molecule has 1 fully saturated rings. The van der Waals surface area contributed by atoms with Crippen molar-refractivity contribution in [2.45, 2.75) is 39.2 Å². The van der Waals surface area contributed by atoms with Crippen molar-refractivity contribution >= 4 is 23.5 Å². The maximum Gasteiger partial charge on any atom is 0.326 e. The van der Waals surface area contributed by atoms with Crippen LogP contribution in [0.1, 0.15) is 54.3 Å². The van der Waals surface area contributed by atoms with Gasteiger partial charge in [0.15, 0.2) is 0 Å². The first-order chi connectivity index (χ1) is 18.0. The minimum Gasteiger partial charge on any atom is -0.459 e. The molecule has 1 heterocycles. The summed E-state index contributed by atoms with van der Waals surface area (Å²) in [4.78, 5) is 41.8. The molecule has 1 aliphatic heterocycles. The topological polar surface area (TPSA) is 66.9 Å². The SMILES string of the molecule is CC(C)(C)OC(=O)CN(C(=O)c1c(F)cccc1F)c1cccc(-c2cccc(C(=O)N3CCCC3)c2)c1. The number of carbonyl (C=O) groups excluding carboxylic acids is 3. The Morgan fingerprint density at radius 1 is 0.868 bits per heavy atom. The number of likely N-dealkylation sites (tertiary alicyclic amines) is 1. The zero-order valence-corrected chi connectivity index (χ0v) is 21.7. The van der Waals surface area contributed by atoms with Gasteiger partial charge >= 0.3 is 5.97 Å². The number of rotatable bonds is 6. The van der Waals surface area contributed by atoms with Crippen molar-refractivity contribution < 1.29 is 27.9 Å². The van der Waals surface area contributed by atoms with E-state index in [0.717, 1.165) is 54.6 Å². The van der Waals surface area contributed by atoms with E-state index in [1.165, 1.54) is 0 Å². The first kappa shape index (κ1) is 27.0. The van der Waals surface area contributed by atoms with E-state index in [9.17, 15) is 23.2 Å². The zero-order chi connectivity index (χ0) is 27.4. The second-order valence-electron chi connectivity index (χ2n) is 10.2. The minimum atomic E-state index is -1.03. The summed E-state index contributed by atoms with van der Waals surface area (Å²) >= 11 is 0. The summed E-state index contributed by atoms with van der Waals surface area (Å²) in [5.41, 5.74) is 0.592. The average molecular weight is 521 g/mol. The lowest BCUT2D eigenvalue weighted by molar-refractivity contribution is -0.152. The molecule has 198 valence electrons. The van der Waals surface area contributed by atoms with Crippen LogP contribution in [0.4, 0.5) is 14.5 Å². The molecule has 3 aromatic rings. The molecule has 38 heavy (non-hydrogen) atoms. The normalized spacial score (nSPS) is 13.3. The number of nitrogens with zero attached hydrogens (tertiary/aromatic N) is 2. The predicted molar refractivity (Wildman–Crippen MR) is 141 cm³/mol. The molecule has 0 radical (unpaired) electrons. The fourth-order valence-electron chi connectivity index (χ4n) is 4.41. The van der Waals surface area contributed by atoms with Crippen LogP contribution in [-0.4, -0.2) is 47.9 Å². The Balaban J connectivity index is 1.71. The highest BCUT2D eigenvalue weighted by atomic mass is 19.1. The molecule has 3 aromatic carbocycles. The summed E-state index contributed by atoms with van der Waals surface area (Å²) < 4.78 is 34.5. The van der Waals surface area contributed by atoms with Gasteiger partial charge in [0.05, 0.1) is 0 Å². The summed E-state index contributed by atoms with van der Waals surface area (Å²) in [6.45, 7) is 5.96. The number of ether oxygens (including phenoxy) is 1. The van der Waals surface area contributed by atoms with Crippen LogP contribution in [-0.2, 0) is 9.53 Å². The molecule has 0 saturated carbocycles. The van der Waals surface area contributed by atoms with Crippen LogP contribution < -0.4 is 4.90 Å². The van der Waals surface area contributed by atoms with Gasteiger partial charge in [-0.2, -0.15) is 0 Å². The molecule has 0 aliphatic carbocycles. The minimum absolute atomic E-state index is 0.0442. The molecule has 0 aromatic heterocycles. The first-order valence-corrected chi connectivity index (χ1v) is 12.5. The quantitative estimate of drug-likeness (QED) is 0.382. The molecule has 1 aliphatic rings. The third-order valence-corrected chi connectivity index (χ3v) is 6.12.